The van der Waals surface area contributed by atoms with E-state index in [9.17, 15) is 4.79 Å². The van der Waals surface area contributed by atoms with Gasteiger partial charge in [0.25, 0.3) is 0 Å². The summed E-state index contributed by atoms with van der Waals surface area (Å²) in [4.78, 5) is 11.1. The maximum atomic E-state index is 11.1. The van der Waals surface area contributed by atoms with E-state index >= 15 is 0 Å². The van der Waals surface area contributed by atoms with Gasteiger partial charge in [-0.1, -0.05) is 0 Å². The average molecular weight is 213 g/mol. The molecule has 1 aliphatic carbocycles. The van der Waals surface area contributed by atoms with Crippen molar-refractivity contribution in [1.29, 1.82) is 0 Å². The van der Waals surface area contributed by atoms with Crippen LogP contribution in [0, 0.1) is 5.92 Å². The van der Waals surface area contributed by atoms with Crippen LogP contribution in [-0.2, 0) is 9.53 Å². The fourth-order valence-electron chi connectivity index (χ4n) is 2.15. The minimum Gasteiger partial charge on any atom is -0.480 e. The van der Waals surface area contributed by atoms with Gasteiger partial charge in [-0.05, 0) is 38.5 Å². The van der Waals surface area contributed by atoms with E-state index in [0.29, 0.717) is 5.92 Å². The van der Waals surface area contributed by atoms with Crippen LogP contribution >= 0.6 is 0 Å². The van der Waals surface area contributed by atoms with Crippen LogP contribution < -0.4 is 5.32 Å². The first kappa shape index (κ1) is 10.9. The predicted molar refractivity (Wildman–Crippen MR) is 55.7 cm³/mol. The molecule has 0 aromatic rings. The normalized spacial score (nSPS) is 27.3. The van der Waals surface area contributed by atoms with Crippen molar-refractivity contribution in [2.75, 3.05) is 13.2 Å². The molecule has 0 aromatic heterocycles. The number of hydrogen-bond acceptors (Lipinski definition) is 3. The summed E-state index contributed by atoms with van der Waals surface area (Å²) in [5, 5.41) is 12.4. The molecule has 2 fully saturated rings. The number of hydrogen-bond donors (Lipinski definition) is 2. The van der Waals surface area contributed by atoms with E-state index in [1.807, 2.05) is 0 Å². The Kier molecular flexibility index (Phi) is 2.98. The summed E-state index contributed by atoms with van der Waals surface area (Å²) in [5.41, 5.74) is -0.0517. The Morgan fingerprint density at radius 2 is 2.07 bits per heavy atom. The molecule has 2 aliphatic rings. The maximum absolute atomic E-state index is 11.1. The summed E-state index contributed by atoms with van der Waals surface area (Å²) < 4.78 is 5.30. The first-order valence-electron chi connectivity index (χ1n) is 5.69. The molecule has 1 atom stereocenters. The monoisotopic (exact) mass is 213 g/mol. The van der Waals surface area contributed by atoms with Crippen LogP contribution in [-0.4, -0.2) is 35.9 Å². The summed E-state index contributed by atoms with van der Waals surface area (Å²) in [6.07, 6.45) is 3.92. The lowest BCUT2D eigenvalue weighted by molar-refractivity contribution is -0.141. The van der Waals surface area contributed by atoms with Gasteiger partial charge >= 0.3 is 5.97 Å². The average Bonchev–Trinajstić information content (AvgIpc) is 2.98. The zero-order valence-corrected chi connectivity index (χ0v) is 9.16. The first-order valence-corrected chi connectivity index (χ1v) is 5.69. The Hall–Kier alpha value is -0.610. The number of aliphatic carboxylic acids is 1. The summed E-state index contributed by atoms with van der Waals surface area (Å²) >= 11 is 0. The largest absolute Gasteiger partial charge is 0.480 e. The highest BCUT2D eigenvalue weighted by atomic mass is 16.5. The second-order valence-corrected chi connectivity index (χ2v) is 4.97. The molecule has 0 amide bonds. The molecule has 2 rings (SSSR count). The van der Waals surface area contributed by atoms with Crippen molar-refractivity contribution in [2.24, 2.45) is 5.92 Å². The molecule has 15 heavy (non-hydrogen) atoms. The molecule has 4 nitrogen and oxygen atoms in total. The van der Waals surface area contributed by atoms with Crippen molar-refractivity contribution < 1.29 is 14.6 Å². The van der Waals surface area contributed by atoms with Crippen LogP contribution in [0.25, 0.3) is 0 Å². The van der Waals surface area contributed by atoms with Gasteiger partial charge in [0.1, 0.15) is 6.04 Å². The molecule has 1 heterocycles. The summed E-state index contributed by atoms with van der Waals surface area (Å²) in [6.45, 7) is 3.58. The zero-order valence-electron chi connectivity index (χ0n) is 9.16. The number of carboxylic acids is 1. The van der Waals surface area contributed by atoms with E-state index in [-0.39, 0.29) is 11.6 Å². The van der Waals surface area contributed by atoms with Gasteiger partial charge in [0, 0.05) is 18.8 Å². The molecule has 0 bridgehead atoms. The van der Waals surface area contributed by atoms with Crippen molar-refractivity contribution in [2.45, 2.75) is 44.2 Å². The van der Waals surface area contributed by atoms with Gasteiger partial charge in [-0.2, -0.15) is 0 Å². The Labute approximate surface area is 90.0 Å². The number of carbonyl (C=O) groups is 1. The van der Waals surface area contributed by atoms with Crippen LogP contribution in [0.1, 0.15) is 32.6 Å². The summed E-state index contributed by atoms with van der Waals surface area (Å²) in [5.74, 6) is -0.354. The SMILES string of the molecule is CC1(NC(C(=O)O)C2CC2)CCOCC1. The predicted octanol–water partition coefficient (Wildman–Crippen LogP) is 1.01. The minimum absolute atomic E-state index is 0.0517. The van der Waals surface area contributed by atoms with Gasteiger partial charge in [-0.25, -0.2) is 0 Å². The van der Waals surface area contributed by atoms with Crippen molar-refractivity contribution in [3.63, 3.8) is 0 Å². The molecule has 2 N–H and O–H groups in total. The Morgan fingerprint density at radius 3 is 2.53 bits per heavy atom. The van der Waals surface area contributed by atoms with Crippen molar-refractivity contribution in [3.05, 3.63) is 0 Å². The van der Waals surface area contributed by atoms with Gasteiger partial charge in [0.15, 0.2) is 0 Å². The van der Waals surface area contributed by atoms with Crippen LogP contribution in [0.3, 0.4) is 0 Å². The third-order valence-electron chi connectivity index (χ3n) is 3.46. The molecule has 1 saturated carbocycles. The highest BCUT2D eigenvalue weighted by molar-refractivity contribution is 5.74. The molecule has 86 valence electrons. The number of rotatable bonds is 4. The fraction of sp³-hybridized carbons (Fsp3) is 0.909. The van der Waals surface area contributed by atoms with Gasteiger partial charge in [-0.3, -0.25) is 10.1 Å². The quantitative estimate of drug-likeness (QED) is 0.731. The first-order chi connectivity index (χ1) is 7.11. The van der Waals surface area contributed by atoms with Gasteiger partial charge in [0.2, 0.25) is 0 Å². The molecule has 0 radical (unpaired) electrons. The Morgan fingerprint density at radius 1 is 1.47 bits per heavy atom. The molecule has 0 spiro atoms. The molecule has 4 heteroatoms. The smallest absolute Gasteiger partial charge is 0.320 e. The van der Waals surface area contributed by atoms with Crippen molar-refractivity contribution >= 4 is 5.97 Å². The maximum Gasteiger partial charge on any atom is 0.320 e. The topological polar surface area (TPSA) is 58.6 Å². The molecular weight excluding hydrogens is 194 g/mol. The highest BCUT2D eigenvalue weighted by Crippen LogP contribution is 2.34. The van der Waals surface area contributed by atoms with E-state index in [1.165, 1.54) is 0 Å². The van der Waals surface area contributed by atoms with E-state index in [1.54, 1.807) is 0 Å². The second kappa shape index (κ2) is 4.10. The number of ether oxygens (including phenoxy) is 1. The van der Waals surface area contributed by atoms with Crippen molar-refractivity contribution in [3.8, 4) is 0 Å². The van der Waals surface area contributed by atoms with Crippen LogP contribution in [0.5, 0.6) is 0 Å². The third kappa shape index (κ3) is 2.69. The van der Waals surface area contributed by atoms with E-state index in [4.69, 9.17) is 9.84 Å². The fourth-order valence-corrected chi connectivity index (χ4v) is 2.15. The minimum atomic E-state index is -0.704. The number of nitrogens with one attached hydrogen (secondary N) is 1. The third-order valence-corrected chi connectivity index (χ3v) is 3.46. The lowest BCUT2D eigenvalue weighted by Crippen LogP contribution is -2.54. The zero-order chi connectivity index (χ0) is 10.9. The van der Waals surface area contributed by atoms with E-state index in [2.05, 4.69) is 12.2 Å². The molecule has 1 saturated heterocycles. The van der Waals surface area contributed by atoms with Gasteiger partial charge < -0.3 is 9.84 Å². The second-order valence-electron chi connectivity index (χ2n) is 4.97. The standard InChI is InChI=1S/C11H19NO3/c1-11(4-6-15-7-5-11)12-9(10(13)14)8-2-3-8/h8-9,12H,2-7H2,1H3,(H,13,14). The van der Waals surface area contributed by atoms with Crippen LogP contribution in [0.4, 0.5) is 0 Å². The molecule has 1 unspecified atom stereocenters. The lowest BCUT2D eigenvalue weighted by atomic mass is 9.91. The molecule has 1 aliphatic heterocycles. The summed E-state index contributed by atoms with van der Waals surface area (Å²) in [7, 11) is 0. The van der Waals surface area contributed by atoms with E-state index in [0.717, 1.165) is 38.9 Å². The van der Waals surface area contributed by atoms with Gasteiger partial charge in [-0.15, -0.1) is 0 Å². The van der Waals surface area contributed by atoms with Crippen molar-refractivity contribution in [1.82, 2.24) is 5.32 Å². The molecule has 0 aromatic carbocycles. The molecular formula is C11H19NO3. The number of carboxylic acid groups (broad SMARTS) is 1. The van der Waals surface area contributed by atoms with Crippen LogP contribution in [0.2, 0.25) is 0 Å². The Balaban J connectivity index is 1.94. The highest BCUT2D eigenvalue weighted by Gasteiger charge is 2.40. The summed E-state index contributed by atoms with van der Waals surface area (Å²) in [6, 6.07) is -0.354. The van der Waals surface area contributed by atoms with Crippen LogP contribution in [0.15, 0.2) is 0 Å². The van der Waals surface area contributed by atoms with E-state index < -0.39 is 5.97 Å². The lowest BCUT2D eigenvalue weighted by Gasteiger charge is -2.37. The Bertz CT molecular complexity index is 244. The van der Waals surface area contributed by atoms with Gasteiger partial charge in [0.05, 0.1) is 0 Å².